The van der Waals surface area contributed by atoms with E-state index >= 15 is 0 Å². The van der Waals surface area contributed by atoms with Crippen LogP contribution in [0.25, 0.3) is 15.9 Å². The third-order valence-electron chi connectivity index (χ3n) is 4.60. The summed E-state index contributed by atoms with van der Waals surface area (Å²) >= 11 is 1.77. The SMILES string of the molecule is Cc1nc2sc3c(c2c2nc(C(=O)NCCN(C)C)nn12)CCCC3. The fourth-order valence-corrected chi connectivity index (χ4v) is 4.62. The topological polar surface area (TPSA) is 75.4 Å². The van der Waals surface area contributed by atoms with E-state index in [1.54, 1.807) is 15.9 Å². The Balaban J connectivity index is 1.76. The van der Waals surface area contributed by atoms with Crippen LogP contribution >= 0.6 is 11.3 Å². The van der Waals surface area contributed by atoms with Crippen LogP contribution in [0.4, 0.5) is 0 Å². The summed E-state index contributed by atoms with van der Waals surface area (Å²) in [5, 5.41) is 8.38. The molecule has 1 amide bonds. The Kier molecular flexibility index (Phi) is 4.16. The van der Waals surface area contributed by atoms with Crippen molar-refractivity contribution in [3.8, 4) is 0 Å². The fraction of sp³-hybridized carbons (Fsp3) is 0.529. The van der Waals surface area contributed by atoms with Crippen molar-refractivity contribution in [2.45, 2.75) is 32.6 Å². The van der Waals surface area contributed by atoms with Crippen LogP contribution in [0.2, 0.25) is 0 Å². The predicted octanol–water partition coefficient (Wildman–Crippen LogP) is 1.82. The molecule has 0 saturated heterocycles. The summed E-state index contributed by atoms with van der Waals surface area (Å²) in [6.45, 7) is 3.26. The maximum Gasteiger partial charge on any atom is 0.291 e. The van der Waals surface area contributed by atoms with Crippen molar-refractivity contribution in [2.75, 3.05) is 27.2 Å². The van der Waals surface area contributed by atoms with Gasteiger partial charge in [0.1, 0.15) is 10.7 Å². The first-order valence-electron chi connectivity index (χ1n) is 8.65. The molecule has 1 aliphatic carbocycles. The maximum absolute atomic E-state index is 12.4. The first-order chi connectivity index (χ1) is 12.0. The monoisotopic (exact) mass is 358 g/mol. The summed E-state index contributed by atoms with van der Waals surface area (Å²) in [4.78, 5) is 26.1. The molecule has 0 atom stereocenters. The van der Waals surface area contributed by atoms with E-state index in [-0.39, 0.29) is 11.7 Å². The van der Waals surface area contributed by atoms with E-state index in [0.717, 1.165) is 41.1 Å². The zero-order valence-corrected chi connectivity index (χ0v) is 15.6. The maximum atomic E-state index is 12.4. The summed E-state index contributed by atoms with van der Waals surface area (Å²) < 4.78 is 1.71. The molecular weight excluding hydrogens is 336 g/mol. The van der Waals surface area contributed by atoms with Crippen LogP contribution in [0.3, 0.4) is 0 Å². The molecule has 0 fully saturated rings. The lowest BCUT2D eigenvalue weighted by molar-refractivity contribution is 0.0941. The average Bonchev–Trinajstić information content (AvgIpc) is 3.15. The lowest BCUT2D eigenvalue weighted by Crippen LogP contribution is -2.32. The molecule has 132 valence electrons. The second-order valence-corrected chi connectivity index (χ2v) is 7.86. The molecule has 0 spiro atoms. The Labute approximate surface area is 150 Å². The van der Waals surface area contributed by atoms with Gasteiger partial charge in [-0.05, 0) is 52.3 Å². The molecule has 1 aliphatic rings. The van der Waals surface area contributed by atoms with Crippen molar-refractivity contribution in [1.82, 2.24) is 29.8 Å². The van der Waals surface area contributed by atoms with E-state index in [9.17, 15) is 4.79 Å². The van der Waals surface area contributed by atoms with Gasteiger partial charge in [0.05, 0.1) is 5.39 Å². The third-order valence-corrected chi connectivity index (χ3v) is 5.79. The highest BCUT2D eigenvalue weighted by Crippen LogP contribution is 2.37. The number of aryl methyl sites for hydroxylation is 3. The molecule has 1 N–H and O–H groups in total. The Bertz CT molecular complexity index is 957. The van der Waals surface area contributed by atoms with Crippen LogP contribution in [0.1, 0.15) is 39.7 Å². The summed E-state index contributed by atoms with van der Waals surface area (Å²) in [6.07, 6.45) is 4.62. The quantitative estimate of drug-likeness (QED) is 0.770. The molecule has 0 unspecified atom stereocenters. The highest BCUT2D eigenvalue weighted by atomic mass is 32.1. The molecule has 0 bridgehead atoms. The molecule has 3 heterocycles. The molecule has 25 heavy (non-hydrogen) atoms. The van der Waals surface area contributed by atoms with Gasteiger partial charge in [0.25, 0.3) is 5.91 Å². The first kappa shape index (κ1) is 16.4. The number of fused-ring (bicyclic) bond motifs is 5. The van der Waals surface area contributed by atoms with Crippen LogP contribution in [-0.2, 0) is 12.8 Å². The molecule has 0 radical (unpaired) electrons. The number of nitrogens with zero attached hydrogens (tertiary/aromatic N) is 5. The average molecular weight is 358 g/mol. The van der Waals surface area contributed by atoms with Crippen molar-refractivity contribution < 1.29 is 4.79 Å². The van der Waals surface area contributed by atoms with Crippen molar-refractivity contribution in [1.29, 1.82) is 0 Å². The Hall–Kier alpha value is -2.06. The van der Waals surface area contributed by atoms with E-state index in [1.807, 2.05) is 25.9 Å². The van der Waals surface area contributed by atoms with Gasteiger partial charge in [0.2, 0.25) is 5.82 Å². The lowest BCUT2D eigenvalue weighted by Gasteiger charge is -2.10. The zero-order valence-electron chi connectivity index (χ0n) is 14.8. The number of rotatable bonds is 4. The van der Waals surface area contributed by atoms with E-state index in [0.29, 0.717) is 6.54 Å². The molecular formula is C17H22N6OS. The Morgan fingerprint density at radius 3 is 2.88 bits per heavy atom. The summed E-state index contributed by atoms with van der Waals surface area (Å²) in [5.41, 5.74) is 2.12. The van der Waals surface area contributed by atoms with Crippen LogP contribution in [0.5, 0.6) is 0 Å². The van der Waals surface area contributed by atoms with Crippen molar-refractivity contribution in [2.24, 2.45) is 0 Å². The normalized spacial score (nSPS) is 14.4. The van der Waals surface area contributed by atoms with E-state index in [4.69, 9.17) is 4.98 Å². The van der Waals surface area contributed by atoms with Gasteiger partial charge < -0.3 is 10.2 Å². The molecule has 0 saturated carbocycles. The van der Waals surface area contributed by atoms with Gasteiger partial charge in [-0.25, -0.2) is 9.97 Å². The van der Waals surface area contributed by atoms with Crippen molar-refractivity contribution >= 4 is 33.1 Å². The van der Waals surface area contributed by atoms with E-state index in [1.165, 1.54) is 23.3 Å². The minimum atomic E-state index is -0.234. The van der Waals surface area contributed by atoms with E-state index < -0.39 is 0 Å². The van der Waals surface area contributed by atoms with Crippen LogP contribution < -0.4 is 5.32 Å². The summed E-state index contributed by atoms with van der Waals surface area (Å²) in [6, 6.07) is 0. The van der Waals surface area contributed by atoms with Crippen LogP contribution in [-0.4, -0.2) is 57.6 Å². The lowest BCUT2D eigenvalue weighted by atomic mass is 9.97. The number of aromatic nitrogens is 4. The van der Waals surface area contributed by atoms with Gasteiger partial charge in [-0.3, -0.25) is 4.79 Å². The van der Waals surface area contributed by atoms with Crippen molar-refractivity contribution in [3.05, 3.63) is 22.1 Å². The molecule has 0 aliphatic heterocycles. The predicted molar refractivity (Wildman–Crippen MR) is 98.4 cm³/mol. The molecule has 0 aromatic carbocycles. The minimum Gasteiger partial charge on any atom is -0.348 e. The third kappa shape index (κ3) is 2.89. The van der Waals surface area contributed by atoms with Gasteiger partial charge in [-0.15, -0.1) is 16.4 Å². The van der Waals surface area contributed by atoms with Crippen LogP contribution in [0.15, 0.2) is 0 Å². The van der Waals surface area contributed by atoms with Crippen molar-refractivity contribution in [3.63, 3.8) is 0 Å². The molecule has 4 rings (SSSR count). The largest absolute Gasteiger partial charge is 0.348 e. The molecule has 7 nitrogen and oxygen atoms in total. The van der Waals surface area contributed by atoms with Gasteiger partial charge in [-0.1, -0.05) is 0 Å². The number of amides is 1. The summed E-state index contributed by atoms with van der Waals surface area (Å²) in [7, 11) is 3.95. The number of carbonyl (C=O) groups is 1. The molecule has 3 aromatic rings. The van der Waals surface area contributed by atoms with E-state index in [2.05, 4.69) is 15.4 Å². The number of carbonyl (C=O) groups excluding carboxylic acids is 1. The number of hydrogen-bond acceptors (Lipinski definition) is 6. The Morgan fingerprint density at radius 1 is 1.28 bits per heavy atom. The highest BCUT2D eigenvalue weighted by Gasteiger charge is 2.23. The molecule has 8 heteroatoms. The molecule has 3 aromatic heterocycles. The number of hydrogen-bond donors (Lipinski definition) is 1. The fourth-order valence-electron chi connectivity index (χ4n) is 3.32. The summed E-state index contributed by atoms with van der Waals surface area (Å²) in [5.74, 6) is 0.745. The van der Waals surface area contributed by atoms with Crippen LogP contribution in [0, 0.1) is 6.92 Å². The standard InChI is InChI=1S/C17H22N6OS/c1-10-19-17-13(11-6-4-5-7-12(11)25-17)15-20-14(21-23(10)15)16(24)18-8-9-22(2)3/h4-9H2,1-3H3,(H,18,24). The van der Waals surface area contributed by atoms with Gasteiger partial charge in [0, 0.05) is 18.0 Å². The second-order valence-electron chi connectivity index (χ2n) is 6.78. The number of likely N-dealkylation sites (N-methyl/N-ethyl adjacent to an activating group) is 1. The highest BCUT2D eigenvalue weighted by molar-refractivity contribution is 7.19. The Morgan fingerprint density at radius 2 is 2.08 bits per heavy atom. The van der Waals surface area contributed by atoms with Gasteiger partial charge in [-0.2, -0.15) is 4.52 Å². The van der Waals surface area contributed by atoms with Gasteiger partial charge in [0.15, 0.2) is 5.65 Å². The minimum absolute atomic E-state index is 0.215. The second kappa shape index (κ2) is 6.34. The number of nitrogens with one attached hydrogen (secondary N) is 1. The zero-order chi connectivity index (χ0) is 17.6. The smallest absolute Gasteiger partial charge is 0.291 e. The van der Waals surface area contributed by atoms with Gasteiger partial charge >= 0.3 is 0 Å². The first-order valence-corrected chi connectivity index (χ1v) is 9.47. The number of thiophene rings is 1.